The first kappa shape index (κ1) is 19.8. The van der Waals surface area contributed by atoms with Gasteiger partial charge in [0.1, 0.15) is 6.04 Å². The number of carbonyl (C=O) groups excluding carboxylic acids is 2. The number of hydrogen-bond acceptors (Lipinski definition) is 5. The van der Waals surface area contributed by atoms with Gasteiger partial charge in [0, 0.05) is 13.1 Å². The Morgan fingerprint density at radius 1 is 1.21 bits per heavy atom. The van der Waals surface area contributed by atoms with Crippen molar-refractivity contribution in [3.05, 3.63) is 63.4 Å². The Bertz CT molecular complexity index is 980. The normalized spacial score (nSPS) is 16.2. The minimum atomic E-state index is -0.361. The highest BCUT2D eigenvalue weighted by atomic mass is 32.1. The van der Waals surface area contributed by atoms with E-state index in [1.165, 1.54) is 4.88 Å². The first-order chi connectivity index (χ1) is 14.1. The fourth-order valence-electron chi connectivity index (χ4n) is 3.67. The van der Waals surface area contributed by atoms with Gasteiger partial charge in [-0.15, -0.1) is 11.3 Å². The Kier molecular flexibility index (Phi) is 6.06. The second-order valence-electron chi connectivity index (χ2n) is 7.24. The van der Waals surface area contributed by atoms with Crippen LogP contribution < -0.4 is 5.32 Å². The molecule has 1 aliphatic rings. The van der Waals surface area contributed by atoms with E-state index in [4.69, 9.17) is 0 Å². The van der Waals surface area contributed by atoms with Crippen molar-refractivity contribution in [1.82, 2.24) is 15.2 Å². The average Bonchev–Trinajstić information content (AvgIpc) is 3.48. The number of rotatable bonds is 6. The van der Waals surface area contributed by atoms with Crippen molar-refractivity contribution in [1.29, 1.82) is 0 Å². The Hall–Kier alpha value is -2.51. The third-order valence-corrected chi connectivity index (χ3v) is 6.95. The molecule has 3 heterocycles. The minimum Gasteiger partial charge on any atom is -0.350 e. The van der Waals surface area contributed by atoms with Crippen molar-refractivity contribution in [2.75, 3.05) is 6.54 Å². The number of aromatic nitrogens is 1. The second-order valence-corrected chi connectivity index (χ2v) is 8.87. The Balaban J connectivity index is 1.34. The maximum Gasteiger partial charge on any atom is 0.243 e. The quantitative estimate of drug-likeness (QED) is 0.649. The topological polar surface area (TPSA) is 62.3 Å². The van der Waals surface area contributed by atoms with Crippen LogP contribution >= 0.6 is 22.7 Å². The van der Waals surface area contributed by atoms with Crippen molar-refractivity contribution in [3.63, 3.8) is 0 Å². The predicted molar refractivity (Wildman–Crippen MR) is 117 cm³/mol. The van der Waals surface area contributed by atoms with Crippen LogP contribution in [0.15, 0.2) is 46.6 Å². The molecule has 3 aromatic rings. The second kappa shape index (κ2) is 8.88. The van der Waals surface area contributed by atoms with Gasteiger partial charge >= 0.3 is 0 Å². The molecule has 4 rings (SSSR count). The van der Waals surface area contributed by atoms with Gasteiger partial charge in [0.05, 0.1) is 22.5 Å². The van der Waals surface area contributed by atoms with Crippen molar-refractivity contribution in [3.8, 4) is 10.4 Å². The van der Waals surface area contributed by atoms with Gasteiger partial charge in [-0.05, 0) is 53.3 Å². The maximum absolute atomic E-state index is 12.7. The van der Waals surface area contributed by atoms with Gasteiger partial charge in [-0.3, -0.25) is 9.59 Å². The largest absolute Gasteiger partial charge is 0.350 e. The summed E-state index contributed by atoms with van der Waals surface area (Å²) in [5, 5.41) is 6.97. The number of thiazole rings is 1. The first-order valence-corrected chi connectivity index (χ1v) is 11.5. The average molecular weight is 426 g/mol. The van der Waals surface area contributed by atoms with E-state index < -0.39 is 0 Å². The number of nitrogens with one attached hydrogen (secondary N) is 1. The first-order valence-electron chi connectivity index (χ1n) is 9.69. The van der Waals surface area contributed by atoms with E-state index in [9.17, 15) is 9.59 Å². The van der Waals surface area contributed by atoms with E-state index in [0.29, 0.717) is 19.5 Å². The number of carbonyl (C=O) groups is 2. The van der Waals surface area contributed by atoms with E-state index in [2.05, 4.69) is 22.4 Å². The van der Waals surface area contributed by atoms with E-state index in [-0.39, 0.29) is 17.9 Å². The van der Waals surface area contributed by atoms with Crippen molar-refractivity contribution in [2.24, 2.45) is 0 Å². The number of likely N-dealkylation sites (tertiary alicyclic amines) is 1. The molecular formula is C22H23N3O2S2. The highest BCUT2D eigenvalue weighted by Crippen LogP contribution is 2.27. The SMILES string of the molecule is Cc1ncsc1-c1ccc(CNC(=O)C2CCCN2C(=O)Cc2ccsc2)cc1. The summed E-state index contributed by atoms with van der Waals surface area (Å²) in [6, 6.07) is 9.79. The molecule has 1 aromatic carbocycles. The Labute approximate surface area is 178 Å². The van der Waals surface area contributed by atoms with Crippen molar-refractivity contribution >= 4 is 34.5 Å². The predicted octanol–water partition coefficient (Wildman–Crippen LogP) is 4.03. The van der Waals surface area contributed by atoms with Crippen molar-refractivity contribution in [2.45, 2.75) is 38.8 Å². The molecule has 0 radical (unpaired) electrons. The van der Waals surface area contributed by atoms with Crippen LogP contribution in [0.3, 0.4) is 0 Å². The highest BCUT2D eigenvalue weighted by molar-refractivity contribution is 7.13. The molecule has 0 saturated carbocycles. The van der Waals surface area contributed by atoms with Gasteiger partial charge in [0.15, 0.2) is 0 Å². The van der Waals surface area contributed by atoms with Crippen LogP contribution in [0.4, 0.5) is 0 Å². The lowest BCUT2D eigenvalue weighted by Gasteiger charge is -2.24. The van der Waals surface area contributed by atoms with Crippen LogP contribution in [-0.2, 0) is 22.6 Å². The Morgan fingerprint density at radius 2 is 2.03 bits per heavy atom. The molecule has 7 heteroatoms. The summed E-state index contributed by atoms with van der Waals surface area (Å²) in [6.45, 7) is 3.13. The molecule has 0 spiro atoms. The number of nitrogens with zero attached hydrogens (tertiary/aromatic N) is 2. The molecule has 0 aliphatic carbocycles. The zero-order valence-corrected chi connectivity index (χ0v) is 17.9. The van der Waals surface area contributed by atoms with Crippen LogP contribution in [-0.4, -0.2) is 34.3 Å². The summed E-state index contributed by atoms with van der Waals surface area (Å²) >= 11 is 3.21. The van der Waals surface area contributed by atoms with E-state index in [1.807, 2.05) is 41.4 Å². The molecule has 150 valence electrons. The zero-order valence-electron chi connectivity index (χ0n) is 16.3. The molecule has 1 saturated heterocycles. The number of benzene rings is 1. The standard InChI is InChI=1S/C22H23N3O2S2/c1-15-21(29-14-24-15)18-6-4-16(5-7-18)12-23-22(27)19-3-2-9-25(19)20(26)11-17-8-10-28-13-17/h4-8,10,13-14,19H,2-3,9,11-12H2,1H3,(H,23,27). The molecule has 1 unspecified atom stereocenters. The fourth-order valence-corrected chi connectivity index (χ4v) is 5.15. The summed E-state index contributed by atoms with van der Waals surface area (Å²) in [7, 11) is 0. The molecule has 29 heavy (non-hydrogen) atoms. The summed E-state index contributed by atoms with van der Waals surface area (Å²) in [4.78, 5) is 32.6. The summed E-state index contributed by atoms with van der Waals surface area (Å²) in [5.74, 6) is -0.0334. The summed E-state index contributed by atoms with van der Waals surface area (Å²) < 4.78 is 0. The molecule has 2 aromatic heterocycles. The van der Waals surface area contributed by atoms with Crippen LogP contribution in [0.1, 0.15) is 29.7 Å². The molecule has 1 fully saturated rings. The lowest BCUT2D eigenvalue weighted by molar-refractivity contribution is -0.138. The van der Waals surface area contributed by atoms with E-state index in [0.717, 1.165) is 35.2 Å². The van der Waals surface area contributed by atoms with Crippen molar-refractivity contribution < 1.29 is 9.59 Å². The minimum absolute atomic E-state index is 0.0327. The van der Waals surface area contributed by atoms with Gasteiger partial charge in [0.25, 0.3) is 0 Å². The van der Waals surface area contributed by atoms with E-state index in [1.54, 1.807) is 27.6 Å². The molecule has 0 bridgehead atoms. The van der Waals surface area contributed by atoms with Gasteiger partial charge in [-0.2, -0.15) is 11.3 Å². The number of amides is 2. The lowest BCUT2D eigenvalue weighted by atomic mass is 10.1. The van der Waals surface area contributed by atoms with Crippen LogP contribution in [0, 0.1) is 6.92 Å². The smallest absolute Gasteiger partial charge is 0.243 e. The van der Waals surface area contributed by atoms with E-state index >= 15 is 0 Å². The van der Waals surface area contributed by atoms with Crippen LogP contribution in [0.2, 0.25) is 0 Å². The van der Waals surface area contributed by atoms with Gasteiger partial charge in [-0.25, -0.2) is 4.98 Å². The lowest BCUT2D eigenvalue weighted by Crippen LogP contribution is -2.46. The Morgan fingerprint density at radius 3 is 2.72 bits per heavy atom. The molecule has 2 amide bonds. The summed E-state index contributed by atoms with van der Waals surface area (Å²) in [5.41, 5.74) is 6.08. The third-order valence-electron chi connectivity index (χ3n) is 5.24. The zero-order chi connectivity index (χ0) is 20.2. The highest BCUT2D eigenvalue weighted by Gasteiger charge is 2.33. The molecular weight excluding hydrogens is 402 g/mol. The van der Waals surface area contributed by atoms with Crippen LogP contribution in [0.5, 0.6) is 0 Å². The maximum atomic E-state index is 12.7. The number of thiophene rings is 1. The number of hydrogen-bond donors (Lipinski definition) is 1. The monoisotopic (exact) mass is 425 g/mol. The number of aryl methyl sites for hydroxylation is 1. The van der Waals surface area contributed by atoms with Gasteiger partial charge < -0.3 is 10.2 Å². The fraction of sp³-hybridized carbons (Fsp3) is 0.318. The van der Waals surface area contributed by atoms with Gasteiger partial charge in [0.2, 0.25) is 11.8 Å². The molecule has 5 nitrogen and oxygen atoms in total. The van der Waals surface area contributed by atoms with Gasteiger partial charge in [-0.1, -0.05) is 24.3 Å². The third kappa shape index (κ3) is 4.57. The summed E-state index contributed by atoms with van der Waals surface area (Å²) in [6.07, 6.45) is 1.97. The molecule has 1 aliphatic heterocycles. The van der Waals surface area contributed by atoms with Crippen LogP contribution in [0.25, 0.3) is 10.4 Å². The molecule has 1 atom stereocenters. The molecule has 1 N–H and O–H groups in total.